The topological polar surface area (TPSA) is 47.3 Å². The molecule has 2 aromatic rings. The minimum atomic E-state index is -0.531. The number of halogens is 3. The van der Waals surface area contributed by atoms with Gasteiger partial charge in [-0.25, -0.2) is 8.78 Å². The van der Waals surface area contributed by atoms with Crippen LogP contribution in [0.15, 0.2) is 36.4 Å². The van der Waals surface area contributed by atoms with Crippen molar-refractivity contribution in [2.24, 2.45) is 5.84 Å². The number of nitrogens with one attached hydrogen (secondary N) is 1. The molecular formula is C15H15ClF2N2O. The molecule has 1 atom stereocenters. The fraction of sp³-hybridized carbons (Fsp3) is 0.200. The third-order valence-corrected chi connectivity index (χ3v) is 3.51. The van der Waals surface area contributed by atoms with E-state index in [9.17, 15) is 8.78 Å². The molecule has 0 bridgehead atoms. The molecule has 2 rings (SSSR count). The number of ether oxygens (including phenoxy) is 1. The van der Waals surface area contributed by atoms with E-state index in [1.165, 1.54) is 25.3 Å². The van der Waals surface area contributed by atoms with Gasteiger partial charge in [0.1, 0.15) is 5.82 Å². The lowest BCUT2D eigenvalue weighted by molar-refractivity contribution is 0.386. The standard InChI is InChI=1S/C15H15ClF2N2O/c1-21-14-6-5-9(7-12(14)17)8-13(20-19)10-3-2-4-11(16)15(10)18/h2-7,13,20H,8,19H2,1H3. The first kappa shape index (κ1) is 15.7. The van der Waals surface area contributed by atoms with Gasteiger partial charge in [-0.2, -0.15) is 0 Å². The van der Waals surface area contributed by atoms with Crippen LogP contribution in [-0.2, 0) is 6.42 Å². The number of hydrogen-bond acceptors (Lipinski definition) is 3. The maximum Gasteiger partial charge on any atom is 0.165 e. The second-order valence-corrected chi connectivity index (χ2v) is 4.94. The first-order chi connectivity index (χ1) is 10.1. The predicted octanol–water partition coefficient (Wildman–Crippen LogP) is 3.37. The van der Waals surface area contributed by atoms with Crippen LogP contribution in [0, 0.1) is 11.6 Å². The summed E-state index contributed by atoms with van der Waals surface area (Å²) in [6.45, 7) is 0. The fourth-order valence-corrected chi connectivity index (χ4v) is 2.30. The average Bonchev–Trinajstić information content (AvgIpc) is 2.48. The monoisotopic (exact) mass is 312 g/mol. The van der Waals surface area contributed by atoms with Crippen molar-refractivity contribution in [3.63, 3.8) is 0 Å². The van der Waals surface area contributed by atoms with Gasteiger partial charge in [0.05, 0.1) is 18.2 Å². The summed E-state index contributed by atoms with van der Waals surface area (Å²) in [7, 11) is 1.39. The van der Waals surface area contributed by atoms with E-state index in [1.54, 1.807) is 18.2 Å². The quantitative estimate of drug-likeness (QED) is 0.657. The third kappa shape index (κ3) is 3.50. The second kappa shape index (κ2) is 6.85. The molecule has 0 saturated carbocycles. The number of nitrogens with two attached hydrogens (primary N) is 1. The Hall–Kier alpha value is -1.69. The van der Waals surface area contributed by atoms with Crippen LogP contribution in [0.4, 0.5) is 8.78 Å². The number of hydrogen-bond donors (Lipinski definition) is 2. The Balaban J connectivity index is 2.27. The van der Waals surface area contributed by atoms with Crippen LogP contribution in [0.25, 0.3) is 0 Å². The maximum absolute atomic E-state index is 14.0. The Morgan fingerprint density at radius 3 is 2.67 bits per heavy atom. The lowest BCUT2D eigenvalue weighted by Crippen LogP contribution is -2.30. The van der Waals surface area contributed by atoms with Crippen LogP contribution < -0.4 is 16.0 Å². The largest absolute Gasteiger partial charge is 0.494 e. The molecule has 0 radical (unpaired) electrons. The van der Waals surface area contributed by atoms with E-state index in [0.29, 0.717) is 17.5 Å². The summed E-state index contributed by atoms with van der Waals surface area (Å²) in [4.78, 5) is 0. The van der Waals surface area contributed by atoms with E-state index in [1.807, 2.05) is 0 Å². The van der Waals surface area contributed by atoms with Gasteiger partial charge < -0.3 is 4.74 Å². The molecular weight excluding hydrogens is 298 g/mol. The molecule has 0 aliphatic rings. The summed E-state index contributed by atoms with van der Waals surface area (Å²) in [5, 5.41) is 0.0219. The lowest BCUT2D eigenvalue weighted by Gasteiger charge is -2.18. The average molecular weight is 313 g/mol. The zero-order valence-corrected chi connectivity index (χ0v) is 12.1. The van der Waals surface area contributed by atoms with Crippen LogP contribution in [0.5, 0.6) is 5.75 Å². The molecule has 3 nitrogen and oxygen atoms in total. The number of rotatable bonds is 5. The number of benzene rings is 2. The first-order valence-electron chi connectivity index (χ1n) is 6.29. The molecule has 1 unspecified atom stereocenters. The lowest BCUT2D eigenvalue weighted by atomic mass is 9.98. The molecule has 0 saturated heterocycles. The van der Waals surface area contributed by atoms with Crippen molar-refractivity contribution in [3.8, 4) is 5.75 Å². The fourth-order valence-electron chi connectivity index (χ4n) is 2.12. The normalized spacial score (nSPS) is 12.2. The predicted molar refractivity (Wildman–Crippen MR) is 78.1 cm³/mol. The summed E-state index contributed by atoms with van der Waals surface area (Å²) in [6.07, 6.45) is 0.314. The minimum absolute atomic E-state index is 0.0219. The van der Waals surface area contributed by atoms with E-state index in [2.05, 4.69) is 5.43 Å². The van der Waals surface area contributed by atoms with Crippen molar-refractivity contribution >= 4 is 11.6 Å². The molecule has 2 aromatic carbocycles. The van der Waals surface area contributed by atoms with Crippen molar-refractivity contribution in [1.82, 2.24) is 5.43 Å². The highest BCUT2D eigenvalue weighted by Crippen LogP contribution is 2.26. The molecule has 0 spiro atoms. The molecule has 0 aromatic heterocycles. The zero-order chi connectivity index (χ0) is 15.4. The van der Waals surface area contributed by atoms with Gasteiger partial charge in [-0.05, 0) is 30.2 Å². The van der Waals surface area contributed by atoms with Gasteiger partial charge >= 0.3 is 0 Å². The van der Waals surface area contributed by atoms with Crippen molar-refractivity contribution in [2.75, 3.05) is 7.11 Å². The number of methoxy groups -OCH3 is 1. The van der Waals surface area contributed by atoms with E-state index in [-0.39, 0.29) is 10.8 Å². The van der Waals surface area contributed by atoms with Crippen LogP contribution in [0.1, 0.15) is 17.2 Å². The van der Waals surface area contributed by atoms with Crippen LogP contribution >= 0.6 is 11.6 Å². The van der Waals surface area contributed by atoms with Gasteiger partial charge in [-0.15, -0.1) is 0 Å². The minimum Gasteiger partial charge on any atom is -0.494 e. The Kier molecular flexibility index (Phi) is 5.12. The summed E-state index contributed by atoms with van der Waals surface area (Å²) >= 11 is 5.76. The summed E-state index contributed by atoms with van der Waals surface area (Å²) in [5.74, 6) is 4.64. The molecule has 0 fully saturated rings. The Morgan fingerprint density at radius 2 is 2.05 bits per heavy atom. The highest BCUT2D eigenvalue weighted by molar-refractivity contribution is 6.30. The highest BCUT2D eigenvalue weighted by Gasteiger charge is 2.17. The molecule has 0 amide bonds. The van der Waals surface area contributed by atoms with Gasteiger partial charge in [0.25, 0.3) is 0 Å². The molecule has 0 aliphatic heterocycles. The van der Waals surface area contributed by atoms with Crippen molar-refractivity contribution in [2.45, 2.75) is 12.5 Å². The van der Waals surface area contributed by atoms with Crippen molar-refractivity contribution in [1.29, 1.82) is 0 Å². The van der Waals surface area contributed by atoms with Crippen LogP contribution in [0.2, 0.25) is 5.02 Å². The SMILES string of the molecule is COc1ccc(CC(NN)c2cccc(Cl)c2F)cc1F. The zero-order valence-electron chi connectivity index (χ0n) is 11.4. The Labute approximate surface area is 126 Å². The first-order valence-corrected chi connectivity index (χ1v) is 6.67. The summed E-state index contributed by atoms with van der Waals surface area (Å²) in [5.41, 5.74) is 3.53. The van der Waals surface area contributed by atoms with Gasteiger partial charge in [-0.1, -0.05) is 29.8 Å². The van der Waals surface area contributed by atoms with Gasteiger partial charge in [0.2, 0.25) is 0 Å². The van der Waals surface area contributed by atoms with E-state index >= 15 is 0 Å². The second-order valence-electron chi connectivity index (χ2n) is 4.54. The summed E-state index contributed by atoms with van der Waals surface area (Å²) in [6, 6.07) is 8.73. The van der Waals surface area contributed by atoms with Crippen molar-refractivity contribution < 1.29 is 13.5 Å². The highest BCUT2D eigenvalue weighted by atomic mass is 35.5. The molecule has 6 heteroatoms. The molecule has 112 valence electrons. The Bertz CT molecular complexity index is 637. The van der Waals surface area contributed by atoms with E-state index in [0.717, 1.165) is 0 Å². The molecule has 21 heavy (non-hydrogen) atoms. The third-order valence-electron chi connectivity index (χ3n) is 3.21. The van der Waals surface area contributed by atoms with Gasteiger partial charge in [0, 0.05) is 5.56 Å². The van der Waals surface area contributed by atoms with E-state index in [4.69, 9.17) is 22.2 Å². The van der Waals surface area contributed by atoms with Gasteiger partial charge in [0.15, 0.2) is 11.6 Å². The maximum atomic E-state index is 14.0. The number of hydrazine groups is 1. The Morgan fingerprint density at radius 1 is 1.29 bits per heavy atom. The van der Waals surface area contributed by atoms with Gasteiger partial charge in [-0.3, -0.25) is 11.3 Å². The smallest absolute Gasteiger partial charge is 0.165 e. The van der Waals surface area contributed by atoms with Crippen LogP contribution in [-0.4, -0.2) is 7.11 Å². The molecule has 0 aliphatic carbocycles. The molecule has 0 heterocycles. The van der Waals surface area contributed by atoms with Crippen molar-refractivity contribution in [3.05, 3.63) is 64.2 Å². The summed E-state index contributed by atoms with van der Waals surface area (Å²) < 4.78 is 32.6. The molecule has 3 N–H and O–H groups in total. The van der Waals surface area contributed by atoms with Crippen LogP contribution in [0.3, 0.4) is 0 Å². The van der Waals surface area contributed by atoms with E-state index < -0.39 is 17.7 Å².